The van der Waals surface area contributed by atoms with Crippen LogP contribution in [-0.4, -0.2) is 37.0 Å². The van der Waals surface area contributed by atoms with Crippen LogP contribution in [0.5, 0.6) is 0 Å². The number of amides is 1. The average Bonchev–Trinajstić information content (AvgIpc) is 2.53. The zero-order chi connectivity index (χ0) is 14.9. The highest BCUT2D eigenvalue weighted by Gasteiger charge is 2.12. The summed E-state index contributed by atoms with van der Waals surface area (Å²) in [7, 11) is 0. The van der Waals surface area contributed by atoms with Gasteiger partial charge in [0.15, 0.2) is 0 Å². The number of nitrogens with zero attached hydrogens (tertiary/aromatic N) is 1. The molecule has 1 aliphatic rings. The summed E-state index contributed by atoms with van der Waals surface area (Å²) in [5.41, 5.74) is 7.06. The molecule has 0 radical (unpaired) electrons. The van der Waals surface area contributed by atoms with Gasteiger partial charge in [0, 0.05) is 19.0 Å². The Bertz CT molecular complexity index is 425. The lowest BCUT2D eigenvalue weighted by Gasteiger charge is -2.26. The Kier molecular flexibility index (Phi) is 12.1. The van der Waals surface area contributed by atoms with Crippen LogP contribution >= 0.6 is 24.8 Å². The van der Waals surface area contributed by atoms with Gasteiger partial charge in [-0.05, 0) is 44.5 Å². The average molecular weight is 362 g/mol. The first-order valence-electron chi connectivity index (χ1n) is 8.05. The van der Waals surface area contributed by atoms with E-state index in [2.05, 4.69) is 10.2 Å². The van der Waals surface area contributed by atoms with Crippen LogP contribution in [0.2, 0.25) is 0 Å². The molecule has 1 aliphatic heterocycles. The number of halogens is 2. The van der Waals surface area contributed by atoms with Gasteiger partial charge in [0.2, 0.25) is 5.91 Å². The molecule has 0 aromatic heterocycles. The molecule has 0 spiro atoms. The Labute approximate surface area is 152 Å². The second-order valence-corrected chi connectivity index (χ2v) is 5.83. The number of carbonyl (C=O) groups is 1. The molecule has 1 saturated heterocycles. The van der Waals surface area contributed by atoms with Gasteiger partial charge in [-0.2, -0.15) is 0 Å². The highest BCUT2D eigenvalue weighted by molar-refractivity contribution is 5.85. The topological polar surface area (TPSA) is 58.4 Å². The van der Waals surface area contributed by atoms with Gasteiger partial charge >= 0.3 is 0 Å². The fraction of sp³-hybridized carbons (Fsp3) is 0.588. The van der Waals surface area contributed by atoms with Crippen LogP contribution in [0.15, 0.2) is 30.3 Å². The number of piperidine rings is 1. The van der Waals surface area contributed by atoms with Crippen LogP contribution in [0.1, 0.15) is 43.7 Å². The summed E-state index contributed by atoms with van der Waals surface area (Å²) in [6.45, 7) is 4.27. The van der Waals surface area contributed by atoms with Crippen LogP contribution < -0.4 is 11.1 Å². The van der Waals surface area contributed by atoms with Crippen molar-refractivity contribution in [1.82, 2.24) is 10.2 Å². The van der Waals surface area contributed by atoms with E-state index in [1.807, 2.05) is 30.3 Å². The Morgan fingerprint density at radius 2 is 1.78 bits per heavy atom. The van der Waals surface area contributed by atoms with Gasteiger partial charge in [0.1, 0.15) is 0 Å². The van der Waals surface area contributed by atoms with Crippen molar-refractivity contribution in [3.05, 3.63) is 35.9 Å². The smallest absolute Gasteiger partial charge is 0.221 e. The number of nitrogens with one attached hydrogen (secondary N) is 1. The minimum absolute atomic E-state index is 0. The summed E-state index contributed by atoms with van der Waals surface area (Å²) in [6, 6.07) is 9.57. The van der Waals surface area contributed by atoms with Crippen LogP contribution in [0.3, 0.4) is 0 Å². The Morgan fingerprint density at radius 3 is 2.43 bits per heavy atom. The second-order valence-electron chi connectivity index (χ2n) is 5.83. The molecular weight excluding hydrogens is 333 g/mol. The summed E-state index contributed by atoms with van der Waals surface area (Å²) in [6.07, 6.45) is 5.38. The van der Waals surface area contributed by atoms with E-state index in [-0.39, 0.29) is 36.8 Å². The van der Waals surface area contributed by atoms with E-state index in [9.17, 15) is 4.79 Å². The quantitative estimate of drug-likeness (QED) is 0.734. The lowest BCUT2D eigenvalue weighted by atomic mass is 10.0. The number of nitrogens with two attached hydrogens (primary N) is 1. The zero-order valence-electron chi connectivity index (χ0n) is 13.6. The largest absolute Gasteiger partial charge is 0.356 e. The van der Waals surface area contributed by atoms with Crippen molar-refractivity contribution >= 4 is 30.7 Å². The molecule has 3 N–H and O–H groups in total. The summed E-state index contributed by atoms with van der Waals surface area (Å²) >= 11 is 0. The molecule has 1 amide bonds. The van der Waals surface area contributed by atoms with Crippen molar-refractivity contribution in [2.75, 3.05) is 26.2 Å². The minimum atomic E-state index is -0.215. The summed E-state index contributed by atoms with van der Waals surface area (Å²) in [5.74, 6) is 0.0463. The molecule has 1 aromatic carbocycles. The van der Waals surface area contributed by atoms with Crippen molar-refractivity contribution in [3.8, 4) is 0 Å². The fourth-order valence-corrected chi connectivity index (χ4v) is 2.80. The predicted molar refractivity (Wildman–Crippen MR) is 100 cm³/mol. The first-order valence-corrected chi connectivity index (χ1v) is 8.05. The highest BCUT2D eigenvalue weighted by atomic mass is 35.5. The molecule has 0 aliphatic carbocycles. The Balaban J connectivity index is 0.00000242. The Morgan fingerprint density at radius 1 is 1.13 bits per heavy atom. The molecule has 0 saturated carbocycles. The van der Waals surface area contributed by atoms with E-state index in [0.717, 1.165) is 25.1 Å². The van der Waals surface area contributed by atoms with Crippen molar-refractivity contribution in [1.29, 1.82) is 0 Å². The molecular formula is C17H29Cl2N3O. The molecule has 0 bridgehead atoms. The molecule has 1 fully saturated rings. The van der Waals surface area contributed by atoms with E-state index in [1.54, 1.807) is 0 Å². The fourth-order valence-electron chi connectivity index (χ4n) is 2.80. The first kappa shape index (κ1) is 22.2. The summed E-state index contributed by atoms with van der Waals surface area (Å²) < 4.78 is 0. The molecule has 1 atom stereocenters. The number of likely N-dealkylation sites (tertiary alicyclic amines) is 1. The lowest BCUT2D eigenvalue weighted by molar-refractivity contribution is -0.121. The van der Waals surface area contributed by atoms with Gasteiger partial charge in [-0.3, -0.25) is 4.79 Å². The normalized spacial score (nSPS) is 15.9. The number of hydrogen-bond acceptors (Lipinski definition) is 3. The van der Waals surface area contributed by atoms with Crippen LogP contribution in [0.4, 0.5) is 0 Å². The predicted octanol–water partition coefficient (Wildman–Crippen LogP) is 2.91. The molecule has 132 valence electrons. The third kappa shape index (κ3) is 8.56. The third-order valence-electron chi connectivity index (χ3n) is 4.06. The van der Waals surface area contributed by atoms with E-state index in [0.29, 0.717) is 6.42 Å². The SMILES string of the molecule is Cl.Cl.NC(CC(=O)NCCCN1CCCCC1)c1ccccc1. The number of hydrogen-bond donors (Lipinski definition) is 2. The van der Waals surface area contributed by atoms with Crippen LogP contribution in [0.25, 0.3) is 0 Å². The molecule has 23 heavy (non-hydrogen) atoms. The minimum Gasteiger partial charge on any atom is -0.356 e. The maximum atomic E-state index is 11.9. The maximum absolute atomic E-state index is 11.9. The molecule has 1 heterocycles. The summed E-state index contributed by atoms with van der Waals surface area (Å²) in [4.78, 5) is 14.4. The van der Waals surface area contributed by atoms with E-state index < -0.39 is 0 Å². The van der Waals surface area contributed by atoms with Crippen molar-refractivity contribution in [3.63, 3.8) is 0 Å². The molecule has 6 heteroatoms. The molecule has 1 unspecified atom stereocenters. The number of rotatable bonds is 7. The van der Waals surface area contributed by atoms with E-state index >= 15 is 0 Å². The van der Waals surface area contributed by atoms with Gasteiger partial charge in [0.25, 0.3) is 0 Å². The first-order chi connectivity index (χ1) is 10.3. The van der Waals surface area contributed by atoms with Crippen molar-refractivity contribution in [2.24, 2.45) is 5.73 Å². The van der Waals surface area contributed by atoms with Gasteiger partial charge in [-0.15, -0.1) is 24.8 Å². The van der Waals surface area contributed by atoms with Crippen molar-refractivity contribution < 1.29 is 4.79 Å². The third-order valence-corrected chi connectivity index (χ3v) is 4.06. The number of carbonyl (C=O) groups excluding carboxylic acids is 1. The van der Waals surface area contributed by atoms with Crippen LogP contribution in [0, 0.1) is 0 Å². The highest BCUT2D eigenvalue weighted by Crippen LogP contribution is 2.13. The summed E-state index contributed by atoms with van der Waals surface area (Å²) in [5, 5.41) is 2.98. The van der Waals surface area contributed by atoms with Crippen LogP contribution in [-0.2, 0) is 4.79 Å². The number of benzene rings is 1. The zero-order valence-corrected chi connectivity index (χ0v) is 15.2. The van der Waals surface area contributed by atoms with E-state index in [1.165, 1.54) is 32.4 Å². The second kappa shape index (κ2) is 12.6. The van der Waals surface area contributed by atoms with Gasteiger partial charge in [-0.1, -0.05) is 36.8 Å². The van der Waals surface area contributed by atoms with Gasteiger partial charge in [0.05, 0.1) is 0 Å². The Hall–Kier alpha value is -0.810. The maximum Gasteiger partial charge on any atom is 0.221 e. The van der Waals surface area contributed by atoms with E-state index in [4.69, 9.17) is 5.73 Å². The lowest BCUT2D eigenvalue weighted by Crippen LogP contribution is -2.34. The standard InChI is InChI=1S/C17H27N3O.2ClH/c18-16(15-8-3-1-4-9-15)14-17(21)19-10-7-13-20-11-5-2-6-12-20;;/h1,3-4,8-9,16H,2,5-7,10-14,18H2,(H,19,21);2*1H. The van der Waals surface area contributed by atoms with Crippen molar-refractivity contribution in [2.45, 2.75) is 38.1 Å². The van der Waals surface area contributed by atoms with Gasteiger partial charge in [-0.25, -0.2) is 0 Å². The van der Waals surface area contributed by atoms with Gasteiger partial charge < -0.3 is 16.0 Å². The molecule has 2 rings (SSSR count). The molecule has 1 aromatic rings. The monoisotopic (exact) mass is 361 g/mol. The molecule has 4 nitrogen and oxygen atoms in total.